The summed E-state index contributed by atoms with van der Waals surface area (Å²) in [6.07, 6.45) is 2.46. The van der Waals surface area contributed by atoms with E-state index in [9.17, 15) is 9.59 Å². The molecule has 0 aromatic heterocycles. The van der Waals surface area contributed by atoms with Crippen LogP contribution < -0.4 is 19.1 Å². The number of anilines is 1. The molecule has 11 heteroatoms. The van der Waals surface area contributed by atoms with Crippen LogP contribution >= 0.6 is 17.0 Å². The van der Waals surface area contributed by atoms with E-state index in [1.54, 1.807) is 11.0 Å². The third-order valence-corrected chi connectivity index (χ3v) is 7.37. The lowest BCUT2D eigenvalue weighted by Crippen LogP contribution is -2.31. The molecule has 2 heterocycles. The second kappa shape index (κ2) is 13.1. The monoisotopic (exact) mass is 635 g/mol. The van der Waals surface area contributed by atoms with Crippen molar-refractivity contribution in [1.29, 1.82) is 5.41 Å². The van der Waals surface area contributed by atoms with E-state index < -0.39 is 11.8 Å². The second-order valence-corrected chi connectivity index (χ2v) is 11.2. The van der Waals surface area contributed by atoms with E-state index in [4.69, 9.17) is 24.7 Å². The van der Waals surface area contributed by atoms with Crippen LogP contribution in [0, 0.1) is 11.2 Å². The number of nitrogens with one attached hydrogen (secondary N) is 1. The zero-order valence-electron chi connectivity index (χ0n) is 24.3. The summed E-state index contributed by atoms with van der Waals surface area (Å²) in [5, 5.41) is 17.7. The van der Waals surface area contributed by atoms with Crippen molar-refractivity contribution in [1.82, 2.24) is 4.90 Å². The molecule has 0 radical (unpaired) electrons. The van der Waals surface area contributed by atoms with Crippen LogP contribution in [0.5, 0.6) is 17.2 Å². The summed E-state index contributed by atoms with van der Waals surface area (Å²) >= 11 is 0. The Balaban J connectivity index is 0.00000462. The summed E-state index contributed by atoms with van der Waals surface area (Å²) in [4.78, 5) is 28.5. The van der Waals surface area contributed by atoms with Crippen LogP contribution in [0.1, 0.15) is 73.5 Å². The molecule has 2 aromatic rings. The molecule has 1 saturated heterocycles. The Hall–Kier alpha value is -3.34. The first-order valence-electron chi connectivity index (χ1n) is 13.5. The molecular weight excluding hydrogens is 597 g/mol. The third-order valence-electron chi connectivity index (χ3n) is 7.37. The number of benzene rings is 2. The molecule has 0 amide bonds. The predicted molar refractivity (Wildman–Crippen MR) is 160 cm³/mol. The first-order valence-corrected chi connectivity index (χ1v) is 13.5. The van der Waals surface area contributed by atoms with Crippen LogP contribution in [0.2, 0.25) is 0 Å². The van der Waals surface area contributed by atoms with Crippen molar-refractivity contribution in [2.75, 3.05) is 45.4 Å². The van der Waals surface area contributed by atoms with E-state index in [-0.39, 0.29) is 77.2 Å². The van der Waals surface area contributed by atoms with Gasteiger partial charge in [-0.25, -0.2) is 4.39 Å². The molecule has 0 atom stereocenters. The molecule has 224 valence electrons. The Morgan fingerprint density at radius 1 is 1.07 bits per heavy atom. The maximum absolute atomic E-state index is 15.2. The van der Waals surface area contributed by atoms with Crippen LogP contribution in [0.25, 0.3) is 0 Å². The second-order valence-electron chi connectivity index (χ2n) is 11.2. The zero-order valence-corrected chi connectivity index (χ0v) is 26.0. The first kappa shape index (κ1) is 32.2. The minimum absolute atomic E-state index is 0. The van der Waals surface area contributed by atoms with Gasteiger partial charge in [0.1, 0.15) is 11.6 Å². The van der Waals surface area contributed by atoms with Crippen molar-refractivity contribution in [2.45, 2.75) is 58.4 Å². The molecule has 0 unspecified atom stereocenters. The Kier molecular flexibility index (Phi) is 10.3. The van der Waals surface area contributed by atoms with Crippen molar-refractivity contribution in [3.63, 3.8) is 0 Å². The van der Waals surface area contributed by atoms with E-state index in [1.165, 1.54) is 14.2 Å². The highest BCUT2D eigenvalue weighted by atomic mass is 79.9. The number of Topliss-reactive ketones (excluding diaryl/α,β-unsaturated/α-hetero) is 1. The predicted octanol–water partition coefficient (Wildman–Crippen LogP) is 5.59. The molecule has 2 N–H and O–H groups in total. The molecule has 0 bridgehead atoms. The maximum atomic E-state index is 15.2. The Labute approximate surface area is 250 Å². The maximum Gasteiger partial charge on any atom is 0.303 e. The molecule has 0 aliphatic carbocycles. The number of carbonyl (C=O) groups excluding carboxylic acids is 1. The van der Waals surface area contributed by atoms with Gasteiger partial charge in [-0.15, -0.1) is 17.0 Å². The normalized spacial score (nSPS) is 14.5. The van der Waals surface area contributed by atoms with Gasteiger partial charge in [-0.05, 0) is 48.4 Å². The number of amidine groups is 1. The summed E-state index contributed by atoms with van der Waals surface area (Å²) in [5.74, 6) is -0.957. The minimum atomic E-state index is -0.869. The summed E-state index contributed by atoms with van der Waals surface area (Å²) in [5.41, 5.74) is 2.48. The molecule has 2 aromatic carbocycles. The molecular formula is C30H39BrFN3O6. The zero-order chi connectivity index (χ0) is 29.2. The van der Waals surface area contributed by atoms with Crippen LogP contribution in [0.15, 0.2) is 18.2 Å². The topological polar surface area (TPSA) is 112 Å². The van der Waals surface area contributed by atoms with Crippen molar-refractivity contribution in [2.24, 2.45) is 0 Å². The van der Waals surface area contributed by atoms with Gasteiger partial charge in [0.15, 0.2) is 23.1 Å². The van der Waals surface area contributed by atoms with E-state index in [0.29, 0.717) is 23.3 Å². The lowest BCUT2D eigenvalue weighted by atomic mass is 9.84. The number of carbonyl (C=O) groups is 2. The van der Waals surface area contributed by atoms with Crippen LogP contribution in [0.4, 0.5) is 10.1 Å². The van der Waals surface area contributed by atoms with Crippen LogP contribution in [0.3, 0.4) is 0 Å². The number of hydrogen-bond acceptors (Lipinski definition) is 7. The van der Waals surface area contributed by atoms with Gasteiger partial charge in [-0.3, -0.25) is 15.0 Å². The van der Waals surface area contributed by atoms with E-state index in [2.05, 4.69) is 4.90 Å². The summed E-state index contributed by atoms with van der Waals surface area (Å²) in [6.45, 7) is 8.17. The lowest BCUT2D eigenvalue weighted by Gasteiger charge is -2.30. The number of halogens is 2. The average Bonchev–Trinajstić information content (AvgIpc) is 3.54. The van der Waals surface area contributed by atoms with Gasteiger partial charge in [-0.1, -0.05) is 20.8 Å². The Morgan fingerprint density at radius 3 is 2.34 bits per heavy atom. The number of methoxy groups -OCH3 is 2. The molecule has 4 rings (SSSR count). The average molecular weight is 637 g/mol. The number of nitrogens with zero attached hydrogens (tertiary/aromatic N) is 2. The highest BCUT2D eigenvalue weighted by molar-refractivity contribution is 8.93. The van der Waals surface area contributed by atoms with E-state index in [0.717, 1.165) is 37.2 Å². The number of aliphatic carboxylic acids is 1. The molecule has 0 spiro atoms. The smallest absolute Gasteiger partial charge is 0.303 e. The fraction of sp³-hybridized carbons (Fsp3) is 0.500. The van der Waals surface area contributed by atoms with E-state index in [1.807, 2.05) is 32.9 Å². The quantitative estimate of drug-likeness (QED) is 0.243. The van der Waals surface area contributed by atoms with Gasteiger partial charge in [0.25, 0.3) is 0 Å². The van der Waals surface area contributed by atoms with Crippen molar-refractivity contribution >= 4 is 40.3 Å². The molecule has 1 fully saturated rings. The molecule has 41 heavy (non-hydrogen) atoms. The van der Waals surface area contributed by atoms with Crippen molar-refractivity contribution in [3.8, 4) is 17.2 Å². The number of rotatable bonds is 11. The summed E-state index contributed by atoms with van der Waals surface area (Å²) in [7, 11) is 2.77. The van der Waals surface area contributed by atoms with Crippen LogP contribution in [-0.4, -0.2) is 68.1 Å². The van der Waals surface area contributed by atoms with Gasteiger partial charge >= 0.3 is 5.97 Å². The third kappa shape index (κ3) is 6.77. The molecule has 2 aliphatic rings. The highest BCUT2D eigenvalue weighted by Gasteiger charge is 2.34. The van der Waals surface area contributed by atoms with Gasteiger partial charge in [0.2, 0.25) is 0 Å². The standard InChI is InChI=1S/C30H38FN3O6.BrH/c1-30(2,3)20-13-18(14-21(33-10-6-7-11-33)27(20)40-12-8-9-24(36)37)22(35)17-34-16-19-15-23(38-4)28(39-5)26(31)25(19)29(34)32;/h13-15,32H,6-12,16-17H2,1-5H3,(H,36,37);1H. The molecule has 0 saturated carbocycles. The number of carboxylic acid groups (broad SMARTS) is 1. The summed E-state index contributed by atoms with van der Waals surface area (Å²) < 4.78 is 31.9. The number of ketones is 1. The van der Waals surface area contributed by atoms with Gasteiger partial charge in [-0.2, -0.15) is 0 Å². The Bertz CT molecular complexity index is 1320. The fourth-order valence-corrected chi connectivity index (χ4v) is 5.30. The van der Waals surface area contributed by atoms with Gasteiger partial charge in [0, 0.05) is 37.2 Å². The highest BCUT2D eigenvalue weighted by Crippen LogP contribution is 2.42. The first-order chi connectivity index (χ1) is 19.0. The van der Waals surface area contributed by atoms with Crippen molar-refractivity contribution < 1.29 is 33.3 Å². The molecule has 9 nitrogen and oxygen atoms in total. The fourth-order valence-electron chi connectivity index (χ4n) is 5.30. The largest absolute Gasteiger partial charge is 0.493 e. The number of fused-ring (bicyclic) bond motifs is 1. The number of ether oxygens (including phenoxy) is 3. The van der Waals surface area contributed by atoms with Crippen molar-refractivity contribution in [3.05, 3.63) is 46.3 Å². The number of hydrogen-bond donors (Lipinski definition) is 2. The van der Waals surface area contributed by atoms with Crippen LogP contribution in [-0.2, 0) is 16.8 Å². The van der Waals surface area contributed by atoms with E-state index >= 15 is 4.39 Å². The lowest BCUT2D eigenvalue weighted by molar-refractivity contribution is -0.137. The van der Waals surface area contributed by atoms with Gasteiger partial charge in [0.05, 0.1) is 38.6 Å². The Morgan fingerprint density at radius 2 is 1.76 bits per heavy atom. The number of carboxylic acids is 1. The summed E-state index contributed by atoms with van der Waals surface area (Å²) in [6, 6.07) is 5.33. The SMILES string of the molecule is Br.COc1cc2c(c(F)c1OC)C(=N)N(CC(=O)c1cc(N3CCCC3)c(OCCCC(=O)O)c(C(C)(C)C)c1)C2. The van der Waals surface area contributed by atoms with Gasteiger partial charge < -0.3 is 29.1 Å². The minimum Gasteiger partial charge on any atom is -0.493 e. The molecule has 2 aliphatic heterocycles.